The average molecular weight is 583 g/mol. The van der Waals surface area contributed by atoms with Crippen molar-refractivity contribution in [3.05, 3.63) is 0 Å². The van der Waals surface area contributed by atoms with E-state index < -0.39 is 47.2 Å². The van der Waals surface area contributed by atoms with E-state index >= 15 is 0 Å². The molecule has 41 heavy (non-hydrogen) atoms. The van der Waals surface area contributed by atoms with Crippen molar-refractivity contribution in [2.75, 3.05) is 59.0 Å². The molecule has 0 spiro atoms. The van der Waals surface area contributed by atoms with Gasteiger partial charge in [0.15, 0.2) is 0 Å². The number of hydrogen-bond donors (Lipinski definition) is 2. The van der Waals surface area contributed by atoms with Gasteiger partial charge in [0.2, 0.25) is 0 Å². The summed E-state index contributed by atoms with van der Waals surface area (Å²) in [7, 11) is 0. The molecule has 2 N–H and O–H groups in total. The zero-order valence-corrected chi connectivity index (χ0v) is 26.6. The van der Waals surface area contributed by atoms with Gasteiger partial charge < -0.3 is 20.0 Å². The van der Waals surface area contributed by atoms with Gasteiger partial charge in [0.05, 0.1) is 25.3 Å². The number of β-amino-alcohol motifs (C(OH)–C–C–N with tert-alkyl or cyclic N) is 2. The minimum absolute atomic E-state index is 0.151. The predicted octanol–water partition coefficient (Wildman–Crippen LogP) is 2.00. The van der Waals surface area contributed by atoms with E-state index in [1.807, 2.05) is 0 Å². The lowest BCUT2D eigenvalue weighted by molar-refractivity contribution is -0.134. The molecule has 2 aliphatic heterocycles. The maximum atomic E-state index is 13.5. The Morgan fingerprint density at radius 3 is 1.17 bits per heavy atom. The van der Waals surface area contributed by atoms with Gasteiger partial charge in [0.1, 0.15) is 17.7 Å². The maximum Gasteiger partial charge on any atom is 0.329 e. The fourth-order valence-electron chi connectivity index (χ4n) is 5.76. The van der Waals surface area contributed by atoms with Gasteiger partial charge in [0.25, 0.3) is 11.8 Å². The summed E-state index contributed by atoms with van der Waals surface area (Å²) in [6.45, 7) is 18.0. The summed E-state index contributed by atoms with van der Waals surface area (Å²) in [6, 6.07) is -1.22. The third-order valence-corrected chi connectivity index (χ3v) is 7.98. The first-order valence-electron chi connectivity index (χ1n) is 15.2. The molecule has 2 fully saturated rings. The molecule has 236 valence electrons. The van der Waals surface area contributed by atoms with Gasteiger partial charge in [-0.1, -0.05) is 27.7 Å². The van der Waals surface area contributed by atoms with Crippen molar-refractivity contribution >= 4 is 23.9 Å². The van der Waals surface area contributed by atoms with Crippen LogP contribution in [0, 0.1) is 0 Å². The lowest BCUT2D eigenvalue weighted by atomic mass is 10.0. The molecule has 2 aliphatic rings. The van der Waals surface area contributed by atoms with Crippen molar-refractivity contribution in [2.45, 2.75) is 104 Å². The molecule has 6 amide bonds. The molecule has 0 aromatic rings. The number of aliphatic hydroxyl groups is 2. The van der Waals surface area contributed by atoms with Gasteiger partial charge in [-0.3, -0.25) is 29.2 Å². The number of aliphatic hydroxyl groups excluding tert-OH is 2. The summed E-state index contributed by atoms with van der Waals surface area (Å²) in [4.78, 5) is 62.6. The van der Waals surface area contributed by atoms with Crippen LogP contribution >= 0.6 is 0 Å². The van der Waals surface area contributed by atoms with Crippen molar-refractivity contribution in [3.63, 3.8) is 0 Å². The van der Waals surface area contributed by atoms with Crippen LogP contribution < -0.4 is 0 Å². The molecule has 2 rings (SSSR count). The van der Waals surface area contributed by atoms with Crippen LogP contribution in [0.25, 0.3) is 0 Å². The fourth-order valence-corrected chi connectivity index (χ4v) is 5.76. The Hall–Kier alpha value is -2.28. The van der Waals surface area contributed by atoms with E-state index in [-0.39, 0.29) is 19.8 Å². The van der Waals surface area contributed by atoms with Crippen LogP contribution in [0.4, 0.5) is 9.59 Å². The summed E-state index contributed by atoms with van der Waals surface area (Å²) in [5.41, 5.74) is -2.56. The maximum absolute atomic E-state index is 13.5. The smallest absolute Gasteiger partial charge is 0.329 e. The highest BCUT2D eigenvalue weighted by Gasteiger charge is 2.57. The highest BCUT2D eigenvalue weighted by molar-refractivity contribution is 6.08. The first kappa shape index (κ1) is 34.9. The van der Waals surface area contributed by atoms with E-state index in [4.69, 9.17) is 0 Å². The summed E-state index contributed by atoms with van der Waals surface area (Å²) in [5, 5.41) is 21.5. The average Bonchev–Trinajstić information content (AvgIpc) is 3.14. The number of hydrogen-bond acceptors (Lipinski definition) is 8. The van der Waals surface area contributed by atoms with Gasteiger partial charge in [0, 0.05) is 13.1 Å². The van der Waals surface area contributed by atoms with Crippen LogP contribution in [0.1, 0.15) is 81.1 Å². The van der Waals surface area contributed by atoms with Gasteiger partial charge in [-0.25, -0.2) is 9.59 Å². The molecule has 0 saturated carbocycles. The van der Waals surface area contributed by atoms with Crippen molar-refractivity contribution in [1.29, 1.82) is 0 Å². The highest BCUT2D eigenvalue weighted by Crippen LogP contribution is 2.33. The third-order valence-electron chi connectivity index (χ3n) is 7.98. The molecule has 12 heteroatoms. The van der Waals surface area contributed by atoms with Crippen molar-refractivity contribution in [2.24, 2.45) is 0 Å². The van der Waals surface area contributed by atoms with E-state index in [0.717, 1.165) is 61.7 Å². The van der Waals surface area contributed by atoms with Gasteiger partial charge in [-0.15, -0.1) is 0 Å². The standard InChI is InChI=1S/C29H54N6O6/c1-9-13-30(14-10-2)17-22(36)19-32-24(38)28(5,6)34(26(32)40)21-35-27(41)33(25(39)29(35,7)8)20-23(37)18-31(15-11-3)16-12-4/h22-23,36-37H,9-21H2,1-8H3/t22-,23-/m0/s1. The van der Waals surface area contributed by atoms with E-state index in [0.29, 0.717) is 13.1 Å². The second-order valence-corrected chi connectivity index (χ2v) is 12.4. The van der Waals surface area contributed by atoms with Crippen molar-refractivity contribution in [3.8, 4) is 0 Å². The van der Waals surface area contributed by atoms with Gasteiger partial charge in [-0.2, -0.15) is 0 Å². The predicted molar refractivity (Wildman–Crippen MR) is 157 cm³/mol. The summed E-state index contributed by atoms with van der Waals surface area (Å²) in [5.74, 6) is -0.928. The molecular weight excluding hydrogens is 528 g/mol. The van der Waals surface area contributed by atoms with Crippen LogP contribution in [0.3, 0.4) is 0 Å². The third kappa shape index (κ3) is 7.97. The molecule has 0 aliphatic carbocycles. The summed E-state index contributed by atoms with van der Waals surface area (Å²) in [6.07, 6.45) is 1.88. The first-order chi connectivity index (χ1) is 19.2. The number of nitrogens with zero attached hydrogens (tertiary/aromatic N) is 6. The second-order valence-electron chi connectivity index (χ2n) is 12.4. The summed E-state index contributed by atoms with van der Waals surface area (Å²) < 4.78 is 0. The molecule has 2 atom stereocenters. The SMILES string of the molecule is CCCN(CCC)C[C@H](O)CN1C(=O)N(CN2C(=O)N(C[C@@H](O)CN(CCC)CCC)C(=O)C2(C)C)C(C)(C)C1=O. The topological polar surface area (TPSA) is 128 Å². The minimum atomic E-state index is -1.28. The molecule has 2 saturated heterocycles. The van der Waals surface area contributed by atoms with E-state index in [1.165, 1.54) is 9.80 Å². The van der Waals surface area contributed by atoms with Crippen molar-refractivity contribution < 1.29 is 29.4 Å². The minimum Gasteiger partial charge on any atom is -0.390 e. The Bertz CT molecular complexity index is 843. The zero-order chi connectivity index (χ0) is 31.1. The first-order valence-corrected chi connectivity index (χ1v) is 15.2. The molecule has 0 aromatic heterocycles. The lowest BCUT2D eigenvalue weighted by Crippen LogP contribution is -2.55. The number of rotatable bonds is 18. The molecule has 0 aromatic carbocycles. The number of urea groups is 2. The Balaban J connectivity index is 2.16. The van der Waals surface area contributed by atoms with Gasteiger partial charge in [-0.05, 0) is 79.6 Å². The van der Waals surface area contributed by atoms with Crippen molar-refractivity contribution in [1.82, 2.24) is 29.4 Å². The van der Waals surface area contributed by atoms with E-state index in [9.17, 15) is 29.4 Å². The van der Waals surface area contributed by atoms with Crippen LogP contribution in [-0.2, 0) is 9.59 Å². The van der Waals surface area contributed by atoms with Gasteiger partial charge >= 0.3 is 12.1 Å². The second kappa shape index (κ2) is 14.8. The normalized spacial score (nSPS) is 20.4. The number of carbonyl (C=O) groups is 4. The van der Waals surface area contributed by atoms with Crippen LogP contribution in [0.5, 0.6) is 0 Å². The fraction of sp³-hybridized carbons (Fsp3) is 0.862. The zero-order valence-electron chi connectivity index (χ0n) is 26.6. The number of imide groups is 2. The lowest BCUT2D eigenvalue weighted by Gasteiger charge is -2.36. The van der Waals surface area contributed by atoms with E-state index in [2.05, 4.69) is 37.5 Å². The molecular formula is C29H54N6O6. The number of carbonyl (C=O) groups excluding carboxylic acids is 4. The summed E-state index contributed by atoms with van der Waals surface area (Å²) >= 11 is 0. The Morgan fingerprint density at radius 2 is 0.902 bits per heavy atom. The Kier molecular flexibility index (Phi) is 12.6. The van der Waals surface area contributed by atoms with Crippen LogP contribution in [0.2, 0.25) is 0 Å². The van der Waals surface area contributed by atoms with Crippen LogP contribution in [0.15, 0.2) is 0 Å². The quantitative estimate of drug-likeness (QED) is 0.235. The molecule has 0 unspecified atom stereocenters. The molecule has 2 heterocycles. The number of amides is 6. The largest absolute Gasteiger partial charge is 0.390 e. The Labute approximate surface area is 246 Å². The monoisotopic (exact) mass is 582 g/mol. The molecule has 0 radical (unpaired) electrons. The Morgan fingerprint density at radius 1 is 0.610 bits per heavy atom. The highest BCUT2D eigenvalue weighted by atomic mass is 16.3. The van der Waals surface area contributed by atoms with Crippen LogP contribution in [-0.4, -0.2) is 146 Å². The van der Waals surface area contributed by atoms with E-state index in [1.54, 1.807) is 27.7 Å². The molecule has 12 nitrogen and oxygen atoms in total. The molecule has 0 bridgehead atoms.